The fourth-order valence-corrected chi connectivity index (χ4v) is 3.50. The number of nitrogen functional groups attached to an aromatic ring is 1. The van der Waals surface area contributed by atoms with Crippen LogP contribution in [0.5, 0.6) is 0 Å². The molecular weight excluding hydrogens is 394 g/mol. The number of aryl methyl sites for hydroxylation is 1. The molecule has 2 rings (SSSR count). The van der Waals surface area contributed by atoms with E-state index in [9.17, 15) is 12.8 Å². The molecule has 20 heavy (non-hydrogen) atoms. The molecule has 0 aliphatic rings. The Balaban J connectivity index is 2.46. The van der Waals surface area contributed by atoms with Crippen molar-refractivity contribution in [1.82, 2.24) is 0 Å². The molecule has 3 N–H and O–H groups in total. The van der Waals surface area contributed by atoms with Gasteiger partial charge in [0.25, 0.3) is 10.0 Å². The van der Waals surface area contributed by atoms with Gasteiger partial charge in [-0.2, -0.15) is 0 Å². The van der Waals surface area contributed by atoms with Gasteiger partial charge in [-0.3, -0.25) is 4.72 Å². The highest BCUT2D eigenvalue weighted by Crippen LogP contribution is 2.24. The van der Waals surface area contributed by atoms with Crippen LogP contribution >= 0.6 is 22.6 Å². The van der Waals surface area contributed by atoms with Crippen molar-refractivity contribution in [2.75, 3.05) is 10.5 Å². The van der Waals surface area contributed by atoms with Crippen molar-refractivity contribution in [2.45, 2.75) is 11.8 Å². The van der Waals surface area contributed by atoms with Gasteiger partial charge in [-0.25, -0.2) is 12.8 Å². The monoisotopic (exact) mass is 406 g/mol. The van der Waals surface area contributed by atoms with E-state index in [-0.39, 0.29) is 11.3 Å². The number of hydrogen-bond acceptors (Lipinski definition) is 3. The molecule has 0 bridgehead atoms. The summed E-state index contributed by atoms with van der Waals surface area (Å²) in [6, 6.07) is 9.27. The standard InChI is InChI=1S/C13H12FIN2O2S/c1-8-5-10(16)7-12(13(8)14)20(18,19)17-11-4-2-3-9(15)6-11/h2-7,17H,16H2,1H3. The quantitative estimate of drug-likeness (QED) is 0.608. The second-order valence-electron chi connectivity index (χ2n) is 4.27. The number of anilines is 2. The summed E-state index contributed by atoms with van der Waals surface area (Å²) in [4.78, 5) is -0.450. The topological polar surface area (TPSA) is 72.2 Å². The molecule has 0 saturated heterocycles. The van der Waals surface area contributed by atoms with Crippen LogP contribution in [0.4, 0.5) is 15.8 Å². The lowest BCUT2D eigenvalue weighted by Gasteiger charge is -2.11. The van der Waals surface area contributed by atoms with E-state index in [2.05, 4.69) is 27.3 Å². The van der Waals surface area contributed by atoms with E-state index >= 15 is 0 Å². The third kappa shape index (κ3) is 3.21. The molecular formula is C13H12FIN2O2S. The van der Waals surface area contributed by atoms with Crippen molar-refractivity contribution in [2.24, 2.45) is 0 Å². The molecule has 2 aromatic rings. The number of rotatable bonds is 3. The molecule has 4 nitrogen and oxygen atoms in total. The number of benzene rings is 2. The second-order valence-corrected chi connectivity index (χ2v) is 7.16. The molecule has 0 saturated carbocycles. The van der Waals surface area contributed by atoms with Gasteiger partial charge >= 0.3 is 0 Å². The number of hydrogen-bond donors (Lipinski definition) is 2. The summed E-state index contributed by atoms with van der Waals surface area (Å²) in [5.41, 5.74) is 6.34. The average molecular weight is 406 g/mol. The Kier molecular flexibility index (Phi) is 4.19. The van der Waals surface area contributed by atoms with Crippen molar-refractivity contribution in [3.05, 3.63) is 51.3 Å². The summed E-state index contributed by atoms with van der Waals surface area (Å²) in [5, 5.41) is 0. The molecule has 7 heteroatoms. The minimum Gasteiger partial charge on any atom is -0.399 e. The van der Waals surface area contributed by atoms with Crippen LogP contribution in [0.3, 0.4) is 0 Å². The van der Waals surface area contributed by atoms with Gasteiger partial charge < -0.3 is 5.73 Å². The van der Waals surface area contributed by atoms with E-state index in [4.69, 9.17) is 5.73 Å². The van der Waals surface area contributed by atoms with Crippen LogP contribution in [0.1, 0.15) is 5.56 Å². The van der Waals surface area contributed by atoms with Crippen LogP contribution in [-0.4, -0.2) is 8.42 Å². The fourth-order valence-electron chi connectivity index (χ4n) is 1.72. The SMILES string of the molecule is Cc1cc(N)cc(S(=O)(=O)Nc2cccc(I)c2)c1F. The van der Waals surface area contributed by atoms with Crippen LogP contribution in [0, 0.1) is 16.3 Å². The van der Waals surface area contributed by atoms with Gasteiger partial charge in [0.1, 0.15) is 10.7 Å². The van der Waals surface area contributed by atoms with Gasteiger partial charge in [0.15, 0.2) is 0 Å². The van der Waals surface area contributed by atoms with Crippen molar-refractivity contribution < 1.29 is 12.8 Å². The Hall–Kier alpha value is -1.35. The molecule has 0 aliphatic carbocycles. The summed E-state index contributed by atoms with van der Waals surface area (Å²) >= 11 is 2.06. The van der Waals surface area contributed by atoms with Gasteiger partial charge in [0.2, 0.25) is 0 Å². The molecule has 0 aromatic heterocycles. The van der Waals surface area contributed by atoms with Crippen LogP contribution in [0.15, 0.2) is 41.3 Å². The van der Waals surface area contributed by atoms with Crippen molar-refractivity contribution in [1.29, 1.82) is 0 Å². The summed E-state index contributed by atoms with van der Waals surface area (Å²) in [5.74, 6) is -0.794. The summed E-state index contributed by atoms with van der Waals surface area (Å²) < 4.78 is 41.7. The zero-order valence-electron chi connectivity index (χ0n) is 10.5. The lowest BCUT2D eigenvalue weighted by atomic mass is 10.2. The van der Waals surface area contributed by atoms with E-state index in [0.29, 0.717) is 5.69 Å². The number of nitrogens with one attached hydrogen (secondary N) is 1. The number of sulfonamides is 1. The maximum Gasteiger partial charge on any atom is 0.264 e. The number of halogens is 2. The Morgan fingerprint density at radius 2 is 1.95 bits per heavy atom. The highest BCUT2D eigenvalue weighted by Gasteiger charge is 2.21. The zero-order chi connectivity index (χ0) is 14.9. The molecule has 0 amide bonds. The minimum absolute atomic E-state index is 0.188. The summed E-state index contributed by atoms with van der Waals surface area (Å²) in [6.45, 7) is 1.47. The van der Waals surface area contributed by atoms with Crippen molar-refractivity contribution in [3.63, 3.8) is 0 Å². The molecule has 0 aliphatic heterocycles. The zero-order valence-corrected chi connectivity index (χ0v) is 13.5. The van der Waals surface area contributed by atoms with E-state index in [0.717, 1.165) is 9.64 Å². The summed E-state index contributed by atoms with van der Waals surface area (Å²) in [6.07, 6.45) is 0. The van der Waals surface area contributed by atoms with Gasteiger partial charge in [0, 0.05) is 14.9 Å². The van der Waals surface area contributed by atoms with Crippen LogP contribution in [0.2, 0.25) is 0 Å². The smallest absolute Gasteiger partial charge is 0.264 e. The molecule has 0 atom stereocenters. The second kappa shape index (κ2) is 5.57. The van der Waals surface area contributed by atoms with E-state index in [1.165, 1.54) is 13.0 Å². The molecule has 2 aromatic carbocycles. The fraction of sp³-hybridized carbons (Fsp3) is 0.0769. The molecule has 106 valence electrons. The van der Waals surface area contributed by atoms with Crippen LogP contribution < -0.4 is 10.5 Å². The maximum atomic E-state index is 14.0. The first-order valence-corrected chi connectivity index (χ1v) is 8.20. The normalized spacial score (nSPS) is 11.3. The molecule has 0 unspecified atom stereocenters. The van der Waals surface area contributed by atoms with E-state index in [1.807, 2.05) is 6.07 Å². The van der Waals surface area contributed by atoms with Gasteiger partial charge in [-0.15, -0.1) is 0 Å². The first-order valence-electron chi connectivity index (χ1n) is 5.63. The van der Waals surface area contributed by atoms with Crippen LogP contribution in [0.25, 0.3) is 0 Å². The highest BCUT2D eigenvalue weighted by atomic mass is 127. The van der Waals surface area contributed by atoms with Gasteiger partial charge in [-0.05, 0) is 65.4 Å². The Morgan fingerprint density at radius 3 is 2.60 bits per heavy atom. The minimum atomic E-state index is -4.01. The largest absolute Gasteiger partial charge is 0.399 e. The van der Waals surface area contributed by atoms with Gasteiger partial charge in [-0.1, -0.05) is 6.07 Å². The number of nitrogens with two attached hydrogens (primary N) is 1. The Morgan fingerprint density at radius 1 is 1.25 bits per heavy atom. The van der Waals surface area contributed by atoms with Gasteiger partial charge in [0.05, 0.1) is 0 Å². The third-order valence-corrected chi connectivity index (χ3v) is 4.66. The predicted octanol–water partition coefficient (Wildman–Crippen LogP) is 3.12. The molecule has 0 radical (unpaired) electrons. The Bertz CT molecular complexity index is 763. The Labute approximate surface area is 130 Å². The average Bonchev–Trinajstić information content (AvgIpc) is 2.33. The predicted molar refractivity (Wildman–Crippen MR) is 85.5 cm³/mol. The first kappa shape index (κ1) is 15.0. The van der Waals surface area contributed by atoms with E-state index < -0.39 is 20.7 Å². The molecule has 0 heterocycles. The van der Waals surface area contributed by atoms with Crippen molar-refractivity contribution >= 4 is 44.0 Å². The maximum absolute atomic E-state index is 14.0. The molecule has 0 fully saturated rings. The van der Waals surface area contributed by atoms with Crippen LogP contribution in [-0.2, 0) is 10.0 Å². The van der Waals surface area contributed by atoms with Crippen molar-refractivity contribution in [3.8, 4) is 0 Å². The summed E-state index contributed by atoms with van der Waals surface area (Å²) in [7, 11) is -4.01. The third-order valence-electron chi connectivity index (χ3n) is 2.61. The van der Waals surface area contributed by atoms with E-state index in [1.54, 1.807) is 18.2 Å². The first-order chi connectivity index (χ1) is 9.29. The highest BCUT2D eigenvalue weighted by molar-refractivity contribution is 14.1. The lowest BCUT2D eigenvalue weighted by Crippen LogP contribution is -2.15. The lowest BCUT2D eigenvalue weighted by molar-refractivity contribution is 0.565. The molecule has 0 spiro atoms.